The van der Waals surface area contributed by atoms with Gasteiger partial charge in [-0.15, -0.1) is 0 Å². The van der Waals surface area contributed by atoms with E-state index < -0.39 is 17.9 Å². The van der Waals surface area contributed by atoms with E-state index in [1.54, 1.807) is 0 Å². The highest BCUT2D eigenvalue weighted by Crippen LogP contribution is 2.14. The van der Waals surface area contributed by atoms with Crippen molar-refractivity contribution in [3.63, 3.8) is 0 Å². The SMILES string of the molecule is CCOCCOCCNC(=O)CCC(CC(=O)CCCC(=O)O)C(=O)O. The molecule has 0 aliphatic heterocycles. The maximum atomic E-state index is 11.7. The summed E-state index contributed by atoms with van der Waals surface area (Å²) in [4.78, 5) is 45.0. The van der Waals surface area contributed by atoms with Crippen LogP contribution in [0.5, 0.6) is 0 Å². The highest BCUT2D eigenvalue weighted by Gasteiger charge is 2.22. The van der Waals surface area contributed by atoms with Crippen molar-refractivity contribution < 1.29 is 38.9 Å². The number of hydrogen-bond acceptors (Lipinski definition) is 6. The summed E-state index contributed by atoms with van der Waals surface area (Å²) in [6.45, 7) is 4.08. The molecule has 26 heavy (non-hydrogen) atoms. The predicted octanol–water partition coefficient (Wildman–Crippen LogP) is 0.851. The fourth-order valence-electron chi connectivity index (χ4n) is 2.15. The monoisotopic (exact) mass is 375 g/mol. The van der Waals surface area contributed by atoms with Crippen molar-refractivity contribution in [1.82, 2.24) is 5.32 Å². The van der Waals surface area contributed by atoms with Crippen LogP contribution in [0.1, 0.15) is 45.4 Å². The molecule has 0 rings (SSSR count). The van der Waals surface area contributed by atoms with Gasteiger partial charge in [0.15, 0.2) is 0 Å². The van der Waals surface area contributed by atoms with E-state index in [1.165, 1.54) is 0 Å². The van der Waals surface area contributed by atoms with E-state index in [9.17, 15) is 19.2 Å². The number of amides is 1. The Morgan fingerprint density at radius 3 is 2.27 bits per heavy atom. The van der Waals surface area contributed by atoms with Crippen LogP contribution in [0.4, 0.5) is 0 Å². The zero-order valence-electron chi connectivity index (χ0n) is 15.2. The lowest BCUT2D eigenvalue weighted by Gasteiger charge is -2.12. The zero-order chi connectivity index (χ0) is 19.8. The summed E-state index contributed by atoms with van der Waals surface area (Å²) in [6.07, 6.45) is -0.0533. The Hall–Kier alpha value is -2.00. The van der Waals surface area contributed by atoms with E-state index in [-0.39, 0.29) is 50.2 Å². The van der Waals surface area contributed by atoms with E-state index in [2.05, 4.69) is 5.32 Å². The molecule has 0 aromatic rings. The van der Waals surface area contributed by atoms with Gasteiger partial charge in [0.25, 0.3) is 0 Å². The first kappa shape index (κ1) is 24.0. The molecule has 0 heterocycles. The number of Topliss-reactive ketones (excluding diaryl/α,β-unsaturated/α-hetero) is 1. The molecule has 0 bridgehead atoms. The molecule has 1 amide bonds. The van der Waals surface area contributed by atoms with E-state index in [0.717, 1.165) is 0 Å². The van der Waals surface area contributed by atoms with Gasteiger partial charge in [0.2, 0.25) is 5.91 Å². The van der Waals surface area contributed by atoms with Crippen LogP contribution in [0.2, 0.25) is 0 Å². The smallest absolute Gasteiger partial charge is 0.306 e. The molecule has 0 spiro atoms. The number of aliphatic carboxylic acids is 2. The largest absolute Gasteiger partial charge is 0.481 e. The molecular weight excluding hydrogens is 346 g/mol. The van der Waals surface area contributed by atoms with Gasteiger partial charge in [0.1, 0.15) is 5.78 Å². The summed E-state index contributed by atoms with van der Waals surface area (Å²) in [5.74, 6) is -3.68. The molecule has 9 nitrogen and oxygen atoms in total. The highest BCUT2D eigenvalue weighted by atomic mass is 16.5. The van der Waals surface area contributed by atoms with Crippen molar-refractivity contribution >= 4 is 23.6 Å². The topological polar surface area (TPSA) is 139 Å². The van der Waals surface area contributed by atoms with Crippen LogP contribution >= 0.6 is 0 Å². The summed E-state index contributed by atoms with van der Waals surface area (Å²) < 4.78 is 10.3. The number of rotatable bonds is 17. The molecule has 150 valence electrons. The number of nitrogens with one attached hydrogen (secondary N) is 1. The number of carboxylic acids is 2. The van der Waals surface area contributed by atoms with Gasteiger partial charge in [-0.3, -0.25) is 19.2 Å². The molecule has 0 fully saturated rings. The van der Waals surface area contributed by atoms with Crippen LogP contribution in [-0.2, 0) is 28.7 Å². The highest BCUT2D eigenvalue weighted by molar-refractivity contribution is 5.84. The second-order valence-electron chi connectivity index (χ2n) is 5.72. The third-order valence-corrected chi connectivity index (χ3v) is 3.53. The van der Waals surface area contributed by atoms with Gasteiger partial charge in [-0.05, 0) is 19.8 Å². The van der Waals surface area contributed by atoms with Gasteiger partial charge >= 0.3 is 11.9 Å². The minimum atomic E-state index is -1.14. The van der Waals surface area contributed by atoms with Crippen LogP contribution in [0.15, 0.2) is 0 Å². The second kappa shape index (κ2) is 15.3. The molecule has 0 radical (unpaired) electrons. The molecule has 1 atom stereocenters. The summed E-state index contributed by atoms with van der Waals surface area (Å²) in [5, 5.41) is 20.3. The van der Waals surface area contributed by atoms with Crippen LogP contribution < -0.4 is 5.32 Å². The average Bonchev–Trinajstić information content (AvgIpc) is 2.57. The average molecular weight is 375 g/mol. The number of carboxylic acid groups (broad SMARTS) is 2. The van der Waals surface area contributed by atoms with Gasteiger partial charge in [0, 0.05) is 38.8 Å². The summed E-state index contributed by atoms with van der Waals surface area (Å²) in [5.41, 5.74) is 0. The molecule has 0 aliphatic rings. The Kier molecular flexibility index (Phi) is 14.1. The van der Waals surface area contributed by atoms with Crippen molar-refractivity contribution in [2.75, 3.05) is 33.0 Å². The van der Waals surface area contributed by atoms with Crippen LogP contribution in [0, 0.1) is 5.92 Å². The van der Waals surface area contributed by atoms with E-state index >= 15 is 0 Å². The van der Waals surface area contributed by atoms with E-state index in [1.807, 2.05) is 6.92 Å². The first-order valence-corrected chi connectivity index (χ1v) is 8.75. The fraction of sp³-hybridized carbons (Fsp3) is 0.765. The lowest BCUT2D eigenvalue weighted by molar-refractivity contribution is -0.144. The Balaban J connectivity index is 3.93. The van der Waals surface area contributed by atoms with Gasteiger partial charge in [-0.2, -0.15) is 0 Å². The molecule has 9 heteroatoms. The Bertz CT molecular complexity index is 452. The summed E-state index contributed by atoms with van der Waals surface area (Å²) in [6, 6.07) is 0. The van der Waals surface area contributed by atoms with Gasteiger partial charge in [-0.1, -0.05) is 0 Å². The maximum absolute atomic E-state index is 11.7. The number of hydrogen-bond donors (Lipinski definition) is 3. The number of ether oxygens (including phenoxy) is 2. The quantitative estimate of drug-likeness (QED) is 0.318. The normalized spacial score (nSPS) is 11.7. The number of ketones is 1. The van der Waals surface area contributed by atoms with Crippen LogP contribution in [0.3, 0.4) is 0 Å². The molecule has 0 aromatic carbocycles. The van der Waals surface area contributed by atoms with E-state index in [4.69, 9.17) is 19.7 Å². The molecule has 3 N–H and O–H groups in total. The van der Waals surface area contributed by atoms with Crippen molar-refractivity contribution in [2.45, 2.75) is 45.4 Å². The molecule has 0 aliphatic carbocycles. The van der Waals surface area contributed by atoms with Crippen LogP contribution in [-0.4, -0.2) is 66.8 Å². The predicted molar refractivity (Wildman–Crippen MR) is 91.8 cm³/mol. The lowest BCUT2D eigenvalue weighted by Crippen LogP contribution is -2.29. The number of carbonyl (C=O) groups is 4. The third-order valence-electron chi connectivity index (χ3n) is 3.53. The first-order chi connectivity index (χ1) is 12.4. The van der Waals surface area contributed by atoms with Crippen molar-refractivity contribution in [3.8, 4) is 0 Å². The zero-order valence-corrected chi connectivity index (χ0v) is 15.2. The summed E-state index contributed by atoms with van der Waals surface area (Å²) in [7, 11) is 0. The third kappa shape index (κ3) is 14.4. The lowest BCUT2D eigenvalue weighted by atomic mass is 9.95. The van der Waals surface area contributed by atoms with Crippen molar-refractivity contribution in [1.29, 1.82) is 0 Å². The molecule has 0 aromatic heterocycles. The molecule has 1 unspecified atom stereocenters. The van der Waals surface area contributed by atoms with Crippen LogP contribution in [0.25, 0.3) is 0 Å². The van der Waals surface area contributed by atoms with Crippen molar-refractivity contribution in [3.05, 3.63) is 0 Å². The molecule has 0 saturated carbocycles. The Morgan fingerprint density at radius 1 is 0.962 bits per heavy atom. The Labute approximate surface area is 153 Å². The fourth-order valence-corrected chi connectivity index (χ4v) is 2.15. The molecule has 0 saturated heterocycles. The van der Waals surface area contributed by atoms with Crippen molar-refractivity contribution in [2.24, 2.45) is 5.92 Å². The van der Waals surface area contributed by atoms with Gasteiger partial charge in [0.05, 0.1) is 25.7 Å². The first-order valence-electron chi connectivity index (χ1n) is 8.75. The van der Waals surface area contributed by atoms with Gasteiger partial charge in [-0.25, -0.2) is 0 Å². The maximum Gasteiger partial charge on any atom is 0.306 e. The molecular formula is C17H29NO8. The number of carbonyl (C=O) groups excluding carboxylic acids is 2. The summed E-state index contributed by atoms with van der Waals surface area (Å²) >= 11 is 0. The standard InChI is InChI=1S/C17H29NO8/c1-2-25-10-11-26-9-8-18-15(20)7-6-13(17(23)24)12-14(19)4-3-5-16(21)22/h13H,2-12H2,1H3,(H,18,20)(H,21,22)(H,23,24). The second-order valence-corrected chi connectivity index (χ2v) is 5.72. The van der Waals surface area contributed by atoms with Gasteiger partial charge < -0.3 is 25.0 Å². The Morgan fingerprint density at radius 2 is 1.65 bits per heavy atom. The minimum Gasteiger partial charge on any atom is -0.481 e. The minimum absolute atomic E-state index is 0.00167. The van der Waals surface area contributed by atoms with E-state index in [0.29, 0.717) is 33.0 Å².